The molecule has 0 unspecified atom stereocenters. The quantitative estimate of drug-likeness (QED) is 0.173. The molecule has 0 bridgehead atoms. The molecule has 0 saturated carbocycles. The minimum Gasteiger partial charge on any atom is -0.462 e. The van der Waals surface area contributed by atoms with Crippen molar-refractivity contribution in [1.29, 1.82) is 0 Å². The molecule has 0 spiro atoms. The van der Waals surface area contributed by atoms with E-state index in [0.29, 0.717) is 12.2 Å². The highest BCUT2D eigenvalue weighted by Crippen LogP contribution is 2.38. The van der Waals surface area contributed by atoms with Crippen molar-refractivity contribution in [2.75, 3.05) is 24.6 Å². The van der Waals surface area contributed by atoms with Gasteiger partial charge in [0.1, 0.15) is 0 Å². The van der Waals surface area contributed by atoms with Gasteiger partial charge in [-0.3, -0.25) is 0 Å². The molecule has 3 nitrogen and oxygen atoms in total. The third-order valence-electron chi connectivity index (χ3n) is 7.54. The number of unbranched alkanes of at least 4 members (excludes halogenated alkanes) is 1. The molecule has 3 heteroatoms. The van der Waals surface area contributed by atoms with Gasteiger partial charge in [-0.25, -0.2) is 4.79 Å². The fourth-order valence-electron chi connectivity index (χ4n) is 5.27. The van der Waals surface area contributed by atoms with E-state index in [0.717, 1.165) is 36.6 Å². The van der Waals surface area contributed by atoms with Crippen molar-refractivity contribution in [3.05, 3.63) is 77.4 Å². The first kappa shape index (κ1) is 30.5. The molecule has 0 aromatic heterocycles. The molecule has 3 rings (SSSR count). The molecule has 3 aromatic carbocycles. The van der Waals surface area contributed by atoms with Crippen molar-refractivity contribution in [3.63, 3.8) is 0 Å². The fraction of sp³-hybridized carbons (Fsp3) is 0.472. The third-order valence-corrected chi connectivity index (χ3v) is 7.54. The van der Waals surface area contributed by atoms with Gasteiger partial charge < -0.3 is 9.64 Å². The van der Waals surface area contributed by atoms with Gasteiger partial charge in [-0.05, 0) is 109 Å². The lowest BCUT2D eigenvalue weighted by Crippen LogP contribution is -2.26. The van der Waals surface area contributed by atoms with Crippen LogP contribution in [-0.4, -0.2) is 25.7 Å². The number of hydrogen-bond donors (Lipinski definition) is 0. The Balaban J connectivity index is 2.08. The first-order valence-electron chi connectivity index (χ1n) is 14.9. The van der Waals surface area contributed by atoms with Crippen LogP contribution in [0, 0.1) is 5.92 Å². The standard InChI is InChI=1S/C36H49NO2/c1-9-37(10-2)34-23-22-31(25-33(34)36(6,7)8)32-24-30(21-18-28(32)15-13-12-14-26(4)5)27-16-19-29(20-17-27)35(38)39-11-3/h16-26H,9-15H2,1-8H3. The van der Waals surface area contributed by atoms with E-state index in [2.05, 4.69) is 89.8 Å². The van der Waals surface area contributed by atoms with E-state index in [1.54, 1.807) is 0 Å². The third kappa shape index (κ3) is 7.97. The van der Waals surface area contributed by atoms with Crippen LogP contribution in [0.5, 0.6) is 0 Å². The molecule has 210 valence electrons. The smallest absolute Gasteiger partial charge is 0.338 e. The number of rotatable bonds is 12. The second-order valence-corrected chi connectivity index (χ2v) is 12.0. The molecule has 3 aromatic rings. The van der Waals surface area contributed by atoms with Crippen molar-refractivity contribution in [1.82, 2.24) is 0 Å². The summed E-state index contributed by atoms with van der Waals surface area (Å²) in [5.74, 6) is 0.468. The zero-order valence-electron chi connectivity index (χ0n) is 25.6. The summed E-state index contributed by atoms with van der Waals surface area (Å²) < 4.78 is 5.17. The molecule has 0 aliphatic carbocycles. The van der Waals surface area contributed by atoms with Crippen molar-refractivity contribution < 1.29 is 9.53 Å². The number of nitrogens with zero attached hydrogens (tertiary/aromatic N) is 1. The summed E-state index contributed by atoms with van der Waals surface area (Å²) in [6, 6.07) is 21.7. The maximum atomic E-state index is 12.1. The Morgan fingerprint density at radius 1 is 0.821 bits per heavy atom. The molecule has 0 fully saturated rings. The highest BCUT2D eigenvalue weighted by molar-refractivity contribution is 5.90. The molecule has 39 heavy (non-hydrogen) atoms. The molecule has 0 aliphatic heterocycles. The fourth-order valence-corrected chi connectivity index (χ4v) is 5.27. The van der Waals surface area contributed by atoms with Gasteiger partial charge in [0.05, 0.1) is 12.2 Å². The number of hydrogen-bond acceptors (Lipinski definition) is 3. The van der Waals surface area contributed by atoms with Crippen molar-refractivity contribution >= 4 is 11.7 Å². The van der Waals surface area contributed by atoms with E-state index >= 15 is 0 Å². The second-order valence-electron chi connectivity index (χ2n) is 12.0. The maximum absolute atomic E-state index is 12.1. The van der Waals surface area contributed by atoms with Gasteiger partial charge in [-0.2, -0.15) is 0 Å². The van der Waals surface area contributed by atoms with Crippen molar-refractivity contribution in [2.45, 2.75) is 86.5 Å². The zero-order valence-corrected chi connectivity index (χ0v) is 25.6. The molecule has 0 saturated heterocycles. The Hall–Kier alpha value is -3.07. The summed E-state index contributed by atoms with van der Waals surface area (Å²) in [6.45, 7) is 20.2. The Kier molecular flexibility index (Phi) is 10.8. The van der Waals surface area contributed by atoms with E-state index < -0.39 is 0 Å². The Morgan fingerprint density at radius 2 is 1.46 bits per heavy atom. The van der Waals surface area contributed by atoms with Crippen LogP contribution >= 0.6 is 0 Å². The molecular weight excluding hydrogens is 478 g/mol. The number of esters is 1. The van der Waals surface area contributed by atoms with Gasteiger partial charge in [0.15, 0.2) is 0 Å². The summed E-state index contributed by atoms with van der Waals surface area (Å²) in [5.41, 5.74) is 9.60. The molecule has 0 aliphatic rings. The zero-order chi connectivity index (χ0) is 28.6. The van der Waals surface area contributed by atoms with E-state index in [1.807, 2.05) is 31.2 Å². The number of anilines is 1. The van der Waals surface area contributed by atoms with Gasteiger partial charge in [-0.15, -0.1) is 0 Å². The van der Waals surface area contributed by atoms with Gasteiger partial charge in [0.25, 0.3) is 0 Å². The average Bonchev–Trinajstić information content (AvgIpc) is 2.91. The average molecular weight is 528 g/mol. The largest absolute Gasteiger partial charge is 0.462 e. The highest BCUT2D eigenvalue weighted by atomic mass is 16.5. The van der Waals surface area contributed by atoms with Gasteiger partial charge in [-0.1, -0.05) is 77.8 Å². The molecule has 0 heterocycles. The van der Waals surface area contributed by atoms with Crippen LogP contribution in [0.1, 0.15) is 96.1 Å². The topological polar surface area (TPSA) is 29.5 Å². The number of aryl methyl sites for hydroxylation is 1. The van der Waals surface area contributed by atoms with E-state index in [-0.39, 0.29) is 11.4 Å². The Bertz CT molecular complexity index is 1210. The van der Waals surface area contributed by atoms with Crippen LogP contribution in [0.15, 0.2) is 60.7 Å². The Morgan fingerprint density at radius 3 is 2.05 bits per heavy atom. The van der Waals surface area contributed by atoms with Gasteiger partial charge >= 0.3 is 5.97 Å². The first-order valence-corrected chi connectivity index (χ1v) is 14.9. The van der Waals surface area contributed by atoms with E-state index in [9.17, 15) is 4.79 Å². The van der Waals surface area contributed by atoms with E-state index in [4.69, 9.17) is 4.74 Å². The highest BCUT2D eigenvalue weighted by Gasteiger charge is 2.22. The van der Waals surface area contributed by atoms with Crippen molar-refractivity contribution in [2.24, 2.45) is 5.92 Å². The number of benzene rings is 3. The minimum absolute atomic E-state index is 0.0336. The van der Waals surface area contributed by atoms with Crippen LogP contribution in [0.3, 0.4) is 0 Å². The number of ether oxygens (including phenoxy) is 1. The first-order chi connectivity index (χ1) is 18.6. The van der Waals surface area contributed by atoms with Crippen LogP contribution in [0.4, 0.5) is 5.69 Å². The number of carbonyl (C=O) groups excluding carboxylic acids is 1. The van der Waals surface area contributed by atoms with Gasteiger partial charge in [0.2, 0.25) is 0 Å². The second kappa shape index (κ2) is 13.8. The minimum atomic E-state index is -0.274. The lowest BCUT2D eigenvalue weighted by molar-refractivity contribution is 0.0526. The summed E-state index contributed by atoms with van der Waals surface area (Å²) in [5, 5.41) is 0. The summed E-state index contributed by atoms with van der Waals surface area (Å²) in [4.78, 5) is 14.6. The van der Waals surface area contributed by atoms with Crippen LogP contribution in [-0.2, 0) is 16.6 Å². The molecular formula is C36H49NO2. The van der Waals surface area contributed by atoms with E-state index in [1.165, 1.54) is 47.2 Å². The Labute approximate surface area is 237 Å². The van der Waals surface area contributed by atoms with Crippen LogP contribution in [0.25, 0.3) is 22.3 Å². The lowest BCUT2D eigenvalue weighted by Gasteiger charge is -2.31. The molecule has 0 radical (unpaired) electrons. The maximum Gasteiger partial charge on any atom is 0.338 e. The lowest BCUT2D eigenvalue weighted by atomic mass is 9.82. The molecule has 0 amide bonds. The normalized spacial score (nSPS) is 11.6. The summed E-state index contributed by atoms with van der Waals surface area (Å²) in [6.07, 6.45) is 4.80. The van der Waals surface area contributed by atoms with Crippen molar-refractivity contribution in [3.8, 4) is 22.3 Å². The van der Waals surface area contributed by atoms with Crippen LogP contribution < -0.4 is 4.90 Å². The summed E-state index contributed by atoms with van der Waals surface area (Å²) >= 11 is 0. The SMILES string of the molecule is CCOC(=O)c1ccc(-c2ccc(CCCCC(C)C)c(-c3ccc(N(CC)CC)c(C(C)(C)C)c3)c2)cc1. The predicted octanol–water partition coefficient (Wildman–Crippen LogP) is 9.71. The summed E-state index contributed by atoms with van der Waals surface area (Å²) in [7, 11) is 0. The predicted molar refractivity (Wildman–Crippen MR) is 168 cm³/mol. The van der Waals surface area contributed by atoms with Crippen LogP contribution in [0.2, 0.25) is 0 Å². The number of carbonyl (C=O) groups is 1. The van der Waals surface area contributed by atoms with Gasteiger partial charge in [0, 0.05) is 18.8 Å². The molecule has 0 N–H and O–H groups in total. The molecule has 0 atom stereocenters. The monoisotopic (exact) mass is 527 g/mol.